The van der Waals surface area contributed by atoms with Crippen molar-refractivity contribution in [1.82, 2.24) is 0 Å². The Morgan fingerprint density at radius 2 is 1.65 bits per heavy atom. The summed E-state index contributed by atoms with van der Waals surface area (Å²) in [6, 6.07) is 18.2. The molecule has 5 nitrogen and oxygen atoms in total. The zero-order chi connectivity index (χ0) is 18.5. The maximum atomic E-state index is 12.1. The van der Waals surface area contributed by atoms with Gasteiger partial charge in [0.05, 0.1) is 7.11 Å². The zero-order valence-corrected chi connectivity index (χ0v) is 14.6. The summed E-state index contributed by atoms with van der Waals surface area (Å²) in [6.07, 6.45) is 0. The van der Waals surface area contributed by atoms with Gasteiger partial charge >= 0.3 is 0 Å². The maximum Gasteiger partial charge on any atom is 0.262 e. The second-order valence-electron chi connectivity index (χ2n) is 5.85. The standard InChI is InChI=1S/C21H19NO4/c1-14(23)16-4-3-5-18(10-16)22-21(24)13-26-20-9-7-15-6-8-19(25-2)11-17(15)12-20/h3-12H,13H2,1-2H3,(H,22,24). The third-order valence-electron chi connectivity index (χ3n) is 3.94. The number of fused-ring (bicyclic) bond motifs is 1. The van der Waals surface area contributed by atoms with E-state index in [1.165, 1.54) is 6.92 Å². The van der Waals surface area contributed by atoms with Crippen molar-refractivity contribution in [2.24, 2.45) is 0 Å². The molecule has 0 radical (unpaired) electrons. The van der Waals surface area contributed by atoms with Gasteiger partial charge in [-0.2, -0.15) is 0 Å². The highest BCUT2D eigenvalue weighted by molar-refractivity contribution is 5.97. The van der Waals surface area contributed by atoms with Crippen molar-refractivity contribution in [3.8, 4) is 11.5 Å². The molecular formula is C21H19NO4. The lowest BCUT2D eigenvalue weighted by atomic mass is 10.1. The molecule has 5 heteroatoms. The van der Waals surface area contributed by atoms with Crippen LogP contribution in [0.1, 0.15) is 17.3 Å². The van der Waals surface area contributed by atoms with Crippen molar-refractivity contribution < 1.29 is 19.1 Å². The number of Topliss-reactive ketones (excluding diaryl/α,β-unsaturated/α-hetero) is 1. The summed E-state index contributed by atoms with van der Waals surface area (Å²) < 4.78 is 10.8. The van der Waals surface area contributed by atoms with E-state index in [1.54, 1.807) is 31.4 Å². The molecule has 0 fully saturated rings. The van der Waals surface area contributed by atoms with Crippen LogP contribution in [0.2, 0.25) is 0 Å². The molecule has 0 spiro atoms. The topological polar surface area (TPSA) is 64.6 Å². The Bertz CT molecular complexity index is 965. The summed E-state index contributed by atoms with van der Waals surface area (Å²) in [7, 11) is 1.62. The van der Waals surface area contributed by atoms with Crippen LogP contribution in [-0.2, 0) is 4.79 Å². The van der Waals surface area contributed by atoms with Gasteiger partial charge in [-0.1, -0.05) is 24.3 Å². The van der Waals surface area contributed by atoms with Crippen molar-refractivity contribution in [2.75, 3.05) is 19.0 Å². The minimum Gasteiger partial charge on any atom is -0.497 e. The smallest absolute Gasteiger partial charge is 0.262 e. The first-order chi connectivity index (χ1) is 12.5. The number of methoxy groups -OCH3 is 1. The van der Waals surface area contributed by atoms with Gasteiger partial charge in [-0.05, 0) is 54.1 Å². The molecule has 0 saturated carbocycles. The number of benzene rings is 3. The highest BCUT2D eigenvalue weighted by Crippen LogP contribution is 2.25. The van der Waals surface area contributed by atoms with E-state index in [9.17, 15) is 9.59 Å². The summed E-state index contributed by atoms with van der Waals surface area (Å²) in [4.78, 5) is 23.5. The molecular weight excluding hydrogens is 330 g/mol. The Balaban J connectivity index is 1.64. The summed E-state index contributed by atoms with van der Waals surface area (Å²) in [5.74, 6) is 1.01. The summed E-state index contributed by atoms with van der Waals surface area (Å²) in [5, 5.41) is 4.75. The lowest BCUT2D eigenvalue weighted by molar-refractivity contribution is -0.118. The Hall–Kier alpha value is -3.34. The van der Waals surface area contributed by atoms with Gasteiger partial charge in [-0.15, -0.1) is 0 Å². The number of nitrogens with one attached hydrogen (secondary N) is 1. The third kappa shape index (κ3) is 4.19. The fourth-order valence-electron chi connectivity index (χ4n) is 2.58. The molecule has 0 bridgehead atoms. The SMILES string of the molecule is COc1ccc2ccc(OCC(=O)Nc3cccc(C(C)=O)c3)cc2c1. The molecule has 0 aromatic heterocycles. The number of ketones is 1. The van der Waals surface area contributed by atoms with E-state index in [1.807, 2.05) is 36.4 Å². The number of amides is 1. The van der Waals surface area contributed by atoms with E-state index in [-0.39, 0.29) is 18.3 Å². The van der Waals surface area contributed by atoms with E-state index < -0.39 is 0 Å². The highest BCUT2D eigenvalue weighted by atomic mass is 16.5. The lowest BCUT2D eigenvalue weighted by Crippen LogP contribution is -2.20. The molecule has 0 saturated heterocycles. The minimum absolute atomic E-state index is 0.0519. The number of hydrogen-bond donors (Lipinski definition) is 1. The number of carbonyl (C=O) groups excluding carboxylic acids is 2. The predicted molar refractivity (Wildman–Crippen MR) is 101 cm³/mol. The van der Waals surface area contributed by atoms with Crippen LogP contribution in [0.3, 0.4) is 0 Å². The van der Waals surface area contributed by atoms with Gasteiger partial charge in [-0.3, -0.25) is 9.59 Å². The van der Waals surface area contributed by atoms with Crippen molar-refractivity contribution in [3.05, 3.63) is 66.2 Å². The van der Waals surface area contributed by atoms with Crippen LogP contribution in [0.5, 0.6) is 11.5 Å². The molecule has 0 heterocycles. The van der Waals surface area contributed by atoms with Gasteiger partial charge < -0.3 is 14.8 Å². The van der Waals surface area contributed by atoms with E-state index in [2.05, 4.69) is 5.32 Å². The van der Waals surface area contributed by atoms with Crippen LogP contribution in [0, 0.1) is 0 Å². The Morgan fingerprint density at radius 1 is 0.923 bits per heavy atom. The zero-order valence-electron chi connectivity index (χ0n) is 14.6. The molecule has 0 aliphatic carbocycles. The second-order valence-corrected chi connectivity index (χ2v) is 5.85. The van der Waals surface area contributed by atoms with Crippen LogP contribution in [0.15, 0.2) is 60.7 Å². The van der Waals surface area contributed by atoms with Crippen molar-refractivity contribution in [3.63, 3.8) is 0 Å². The van der Waals surface area contributed by atoms with Gasteiger partial charge in [0.25, 0.3) is 5.91 Å². The minimum atomic E-state index is -0.295. The second kappa shape index (κ2) is 7.70. The van der Waals surface area contributed by atoms with Gasteiger partial charge in [0, 0.05) is 11.3 Å². The largest absolute Gasteiger partial charge is 0.497 e. The van der Waals surface area contributed by atoms with Crippen molar-refractivity contribution >= 4 is 28.2 Å². The van der Waals surface area contributed by atoms with Crippen LogP contribution in [0.4, 0.5) is 5.69 Å². The summed E-state index contributed by atoms with van der Waals surface area (Å²) >= 11 is 0. The maximum absolute atomic E-state index is 12.1. The molecule has 0 aliphatic heterocycles. The highest BCUT2D eigenvalue weighted by Gasteiger charge is 2.07. The summed E-state index contributed by atoms with van der Waals surface area (Å²) in [6.45, 7) is 1.36. The first-order valence-electron chi connectivity index (χ1n) is 8.16. The number of hydrogen-bond acceptors (Lipinski definition) is 4. The molecule has 3 aromatic rings. The number of ether oxygens (including phenoxy) is 2. The first kappa shape index (κ1) is 17.5. The Kier molecular flexibility index (Phi) is 5.17. The fraction of sp³-hybridized carbons (Fsp3) is 0.143. The average Bonchev–Trinajstić information content (AvgIpc) is 2.65. The molecule has 0 aliphatic rings. The van der Waals surface area contributed by atoms with Crippen LogP contribution >= 0.6 is 0 Å². The van der Waals surface area contributed by atoms with Gasteiger partial charge in [-0.25, -0.2) is 0 Å². The molecule has 1 N–H and O–H groups in total. The normalized spacial score (nSPS) is 10.4. The molecule has 0 atom stereocenters. The molecule has 3 rings (SSSR count). The molecule has 0 unspecified atom stereocenters. The van der Waals surface area contributed by atoms with Crippen LogP contribution < -0.4 is 14.8 Å². The monoisotopic (exact) mass is 349 g/mol. The molecule has 3 aromatic carbocycles. The quantitative estimate of drug-likeness (QED) is 0.682. The number of rotatable bonds is 6. The van der Waals surface area contributed by atoms with Crippen molar-refractivity contribution in [1.29, 1.82) is 0 Å². The van der Waals surface area contributed by atoms with E-state index in [4.69, 9.17) is 9.47 Å². The van der Waals surface area contributed by atoms with E-state index in [0.29, 0.717) is 17.0 Å². The Morgan fingerprint density at radius 3 is 2.38 bits per heavy atom. The van der Waals surface area contributed by atoms with Crippen LogP contribution in [0.25, 0.3) is 10.8 Å². The van der Waals surface area contributed by atoms with Crippen LogP contribution in [-0.4, -0.2) is 25.4 Å². The first-order valence-corrected chi connectivity index (χ1v) is 8.16. The van der Waals surface area contributed by atoms with Gasteiger partial charge in [0.2, 0.25) is 0 Å². The predicted octanol–water partition coefficient (Wildman–Crippen LogP) is 4.07. The number of anilines is 1. The van der Waals surface area contributed by atoms with E-state index >= 15 is 0 Å². The van der Waals surface area contributed by atoms with Gasteiger partial charge in [0.15, 0.2) is 12.4 Å². The molecule has 132 valence electrons. The van der Waals surface area contributed by atoms with Gasteiger partial charge in [0.1, 0.15) is 11.5 Å². The van der Waals surface area contributed by atoms with E-state index in [0.717, 1.165) is 16.5 Å². The fourth-order valence-corrected chi connectivity index (χ4v) is 2.58. The number of carbonyl (C=O) groups is 2. The summed E-state index contributed by atoms with van der Waals surface area (Å²) in [5.41, 5.74) is 1.11. The lowest BCUT2D eigenvalue weighted by Gasteiger charge is -2.09. The Labute approximate surface area is 151 Å². The average molecular weight is 349 g/mol. The third-order valence-corrected chi connectivity index (χ3v) is 3.94. The van der Waals surface area contributed by atoms with Crippen molar-refractivity contribution in [2.45, 2.75) is 6.92 Å². The molecule has 1 amide bonds. The molecule has 26 heavy (non-hydrogen) atoms.